The molecule has 178 valence electrons. The Balaban J connectivity index is 1.76. The van der Waals surface area contributed by atoms with Crippen LogP contribution in [0, 0.1) is 0 Å². The number of nitrogens with zero attached hydrogens (tertiary/aromatic N) is 3. The van der Waals surface area contributed by atoms with E-state index in [1.165, 1.54) is 25.5 Å². The molecule has 0 radical (unpaired) electrons. The highest BCUT2D eigenvalue weighted by molar-refractivity contribution is 5.68. The van der Waals surface area contributed by atoms with Crippen LogP contribution in [0.25, 0.3) is 0 Å². The minimum atomic E-state index is -1.14. The van der Waals surface area contributed by atoms with Crippen molar-refractivity contribution < 1.29 is 42.8 Å². The van der Waals surface area contributed by atoms with Crippen molar-refractivity contribution in [2.24, 2.45) is 0 Å². The molecule has 0 spiro atoms. The lowest BCUT2D eigenvalue weighted by molar-refractivity contribution is -0.241. The van der Waals surface area contributed by atoms with Gasteiger partial charge in [0.1, 0.15) is 23.8 Å². The number of methoxy groups -OCH3 is 1. The smallest absolute Gasteiger partial charge is 0.303 e. The first-order valence-electron chi connectivity index (χ1n) is 10.1. The van der Waals surface area contributed by atoms with E-state index in [1.54, 1.807) is 37.6 Å². The molecule has 1 aliphatic rings. The number of ether oxygens (including phenoxy) is 6. The summed E-state index contributed by atoms with van der Waals surface area (Å²) in [6.07, 6.45) is -2.62. The van der Waals surface area contributed by atoms with E-state index in [9.17, 15) is 14.4 Å². The molecule has 0 bridgehead atoms. The Hall–Kier alpha value is -3.67. The number of hydrogen-bond acceptors (Lipinski definition) is 11. The van der Waals surface area contributed by atoms with Gasteiger partial charge in [0, 0.05) is 20.8 Å². The average Bonchev–Trinajstić information content (AvgIpc) is 3.23. The molecule has 0 saturated carbocycles. The van der Waals surface area contributed by atoms with Gasteiger partial charge in [0.25, 0.3) is 0 Å². The van der Waals surface area contributed by atoms with Gasteiger partial charge < -0.3 is 28.4 Å². The summed E-state index contributed by atoms with van der Waals surface area (Å²) in [5.74, 6) is -0.566. The van der Waals surface area contributed by atoms with Gasteiger partial charge in [0.15, 0.2) is 24.5 Å². The van der Waals surface area contributed by atoms with Crippen molar-refractivity contribution in [3.8, 4) is 11.5 Å². The Labute approximate surface area is 189 Å². The van der Waals surface area contributed by atoms with Crippen LogP contribution in [0.1, 0.15) is 32.7 Å². The van der Waals surface area contributed by atoms with Crippen LogP contribution in [0.2, 0.25) is 0 Å². The third-order valence-electron chi connectivity index (χ3n) is 4.59. The fourth-order valence-corrected chi connectivity index (χ4v) is 3.28. The fourth-order valence-electron chi connectivity index (χ4n) is 3.28. The maximum Gasteiger partial charge on any atom is 0.303 e. The summed E-state index contributed by atoms with van der Waals surface area (Å²) in [6.45, 7) is 3.61. The van der Waals surface area contributed by atoms with Gasteiger partial charge in [-0.25, -0.2) is 4.68 Å². The van der Waals surface area contributed by atoms with Crippen molar-refractivity contribution in [2.45, 2.75) is 51.9 Å². The number of hydrogen-bond donors (Lipinski definition) is 0. The highest BCUT2D eigenvalue weighted by Gasteiger charge is 2.48. The molecule has 2 heterocycles. The predicted molar refractivity (Wildman–Crippen MR) is 109 cm³/mol. The molecule has 1 aliphatic heterocycles. The van der Waals surface area contributed by atoms with Crippen LogP contribution in [0.15, 0.2) is 30.5 Å². The van der Waals surface area contributed by atoms with Crippen LogP contribution < -0.4 is 9.47 Å². The van der Waals surface area contributed by atoms with Crippen molar-refractivity contribution in [1.82, 2.24) is 15.0 Å². The van der Waals surface area contributed by atoms with Gasteiger partial charge in [-0.1, -0.05) is 5.21 Å². The lowest BCUT2D eigenvalue weighted by Crippen LogP contribution is -2.55. The summed E-state index contributed by atoms with van der Waals surface area (Å²) in [5.41, 5.74) is 0.474. The highest BCUT2D eigenvalue weighted by atomic mass is 16.6. The molecular formula is C21H25N3O9. The van der Waals surface area contributed by atoms with Crippen molar-refractivity contribution in [1.29, 1.82) is 0 Å². The summed E-state index contributed by atoms with van der Waals surface area (Å²) >= 11 is 0. The molecule has 1 aromatic carbocycles. The molecule has 33 heavy (non-hydrogen) atoms. The molecule has 4 unspecified atom stereocenters. The number of rotatable bonds is 8. The molecule has 0 N–H and O–H groups in total. The molecular weight excluding hydrogens is 438 g/mol. The van der Waals surface area contributed by atoms with Crippen LogP contribution in [0.3, 0.4) is 0 Å². The van der Waals surface area contributed by atoms with Crippen LogP contribution in [0.5, 0.6) is 11.5 Å². The van der Waals surface area contributed by atoms with Crippen molar-refractivity contribution in [2.75, 3.05) is 13.7 Å². The van der Waals surface area contributed by atoms with E-state index >= 15 is 0 Å². The first-order valence-corrected chi connectivity index (χ1v) is 10.1. The van der Waals surface area contributed by atoms with Crippen LogP contribution >= 0.6 is 0 Å². The van der Waals surface area contributed by atoms with E-state index in [1.807, 2.05) is 0 Å². The van der Waals surface area contributed by atoms with E-state index in [2.05, 4.69) is 10.3 Å². The Morgan fingerprint density at radius 1 is 0.970 bits per heavy atom. The minimum Gasteiger partial charge on any atom is -0.497 e. The van der Waals surface area contributed by atoms with Crippen LogP contribution in [-0.4, -0.2) is 64.9 Å². The molecule has 0 aliphatic carbocycles. The van der Waals surface area contributed by atoms with Crippen molar-refractivity contribution >= 4 is 17.9 Å². The van der Waals surface area contributed by atoms with Gasteiger partial charge in [-0.3, -0.25) is 14.4 Å². The molecule has 12 heteroatoms. The number of aromatic nitrogens is 3. The zero-order chi connectivity index (χ0) is 24.0. The lowest BCUT2D eigenvalue weighted by atomic mass is 10.0. The largest absolute Gasteiger partial charge is 0.497 e. The van der Waals surface area contributed by atoms with E-state index in [0.29, 0.717) is 17.2 Å². The van der Waals surface area contributed by atoms with E-state index in [4.69, 9.17) is 28.4 Å². The third kappa shape index (κ3) is 6.42. The minimum absolute atomic E-state index is 0.112. The van der Waals surface area contributed by atoms with Gasteiger partial charge in [-0.15, -0.1) is 5.10 Å². The average molecular weight is 463 g/mol. The summed E-state index contributed by atoms with van der Waals surface area (Å²) in [5, 5.41) is 8.10. The topological polar surface area (TPSA) is 137 Å². The number of carbonyl (C=O) groups excluding carboxylic acids is 3. The molecule has 2 aromatic rings. The molecule has 0 amide bonds. The fraction of sp³-hybridized carbons (Fsp3) is 0.476. The summed E-state index contributed by atoms with van der Waals surface area (Å²) < 4.78 is 33.8. The van der Waals surface area contributed by atoms with Gasteiger partial charge >= 0.3 is 17.9 Å². The predicted octanol–water partition coefficient (Wildman–Crippen LogP) is 1.19. The molecule has 1 saturated heterocycles. The van der Waals surface area contributed by atoms with Gasteiger partial charge in [-0.05, 0) is 24.3 Å². The van der Waals surface area contributed by atoms with Crippen molar-refractivity contribution in [3.05, 3.63) is 36.2 Å². The number of carbonyl (C=O) groups is 3. The standard InChI is InChI=1S/C21H25N3O9/c1-12(25)31-18-11-30-21(20(33-14(3)27)19(18)32-13(2)26)24-9-15(22-23-24)10-29-17-7-5-16(28-4)6-8-17/h5-9,18-21H,10-11H2,1-4H3. The molecule has 4 atom stereocenters. The van der Waals surface area contributed by atoms with Crippen LogP contribution in [-0.2, 0) is 39.9 Å². The first kappa shape index (κ1) is 24.0. The Kier molecular flexibility index (Phi) is 7.83. The number of benzene rings is 1. The van der Waals surface area contributed by atoms with Gasteiger partial charge in [0.05, 0.1) is 19.9 Å². The Morgan fingerprint density at radius 2 is 1.58 bits per heavy atom. The Bertz CT molecular complexity index is 976. The number of esters is 3. The van der Waals surface area contributed by atoms with Gasteiger partial charge in [0.2, 0.25) is 0 Å². The maximum atomic E-state index is 11.8. The third-order valence-corrected chi connectivity index (χ3v) is 4.59. The first-order chi connectivity index (χ1) is 15.8. The quantitative estimate of drug-likeness (QED) is 0.412. The zero-order valence-electron chi connectivity index (χ0n) is 18.6. The Morgan fingerprint density at radius 3 is 2.18 bits per heavy atom. The van der Waals surface area contributed by atoms with E-state index < -0.39 is 42.4 Å². The highest BCUT2D eigenvalue weighted by Crippen LogP contribution is 2.30. The van der Waals surface area contributed by atoms with E-state index in [-0.39, 0.29) is 13.2 Å². The van der Waals surface area contributed by atoms with Gasteiger partial charge in [-0.2, -0.15) is 0 Å². The normalized spacial score (nSPS) is 22.2. The molecule has 3 rings (SSSR count). The SMILES string of the molecule is COc1ccc(OCc2cn(C3OCC(OC(C)=O)C(OC(C)=O)C3OC(C)=O)nn2)cc1. The molecule has 1 fully saturated rings. The van der Waals surface area contributed by atoms with E-state index in [0.717, 1.165) is 0 Å². The molecule has 1 aromatic heterocycles. The lowest BCUT2D eigenvalue weighted by Gasteiger charge is -2.40. The monoisotopic (exact) mass is 463 g/mol. The van der Waals surface area contributed by atoms with Crippen molar-refractivity contribution in [3.63, 3.8) is 0 Å². The second-order valence-corrected chi connectivity index (χ2v) is 7.17. The summed E-state index contributed by atoms with van der Waals surface area (Å²) in [4.78, 5) is 34.9. The second-order valence-electron chi connectivity index (χ2n) is 7.17. The zero-order valence-corrected chi connectivity index (χ0v) is 18.6. The maximum absolute atomic E-state index is 11.8. The molecule has 12 nitrogen and oxygen atoms in total. The summed E-state index contributed by atoms with van der Waals surface area (Å²) in [6, 6.07) is 7.03. The second kappa shape index (κ2) is 10.8. The summed E-state index contributed by atoms with van der Waals surface area (Å²) in [7, 11) is 1.57. The van der Waals surface area contributed by atoms with Crippen LogP contribution in [0.4, 0.5) is 0 Å².